The first kappa shape index (κ1) is 29.0. The van der Waals surface area contributed by atoms with Gasteiger partial charge in [-0.3, -0.25) is 14.6 Å². The highest BCUT2D eigenvalue weighted by Crippen LogP contribution is 2.42. The largest absolute Gasteiger partial charge is 0.466 e. The first-order valence-electron chi connectivity index (χ1n) is 14.7. The Bertz CT molecular complexity index is 1210. The first-order chi connectivity index (χ1) is 19.9. The van der Waals surface area contributed by atoms with Gasteiger partial charge in [0.15, 0.2) is 0 Å². The lowest BCUT2D eigenvalue weighted by Crippen LogP contribution is -2.57. The molecule has 41 heavy (non-hydrogen) atoms. The van der Waals surface area contributed by atoms with Gasteiger partial charge in [0.2, 0.25) is 5.82 Å². The number of piperidine rings is 2. The zero-order chi connectivity index (χ0) is 28.9. The van der Waals surface area contributed by atoms with Gasteiger partial charge in [0.05, 0.1) is 32.3 Å². The van der Waals surface area contributed by atoms with Crippen LogP contribution in [0, 0.1) is 17.8 Å². The second-order valence-electron chi connectivity index (χ2n) is 11.2. The molecule has 2 aliphatic heterocycles. The van der Waals surface area contributed by atoms with Gasteiger partial charge >= 0.3 is 18.0 Å². The van der Waals surface area contributed by atoms with Crippen LogP contribution in [0.5, 0.6) is 0 Å². The van der Waals surface area contributed by atoms with Crippen molar-refractivity contribution in [3.05, 3.63) is 30.3 Å². The molecule has 2 unspecified atom stereocenters. The minimum atomic E-state index is -0.653. The number of aromatic nitrogens is 4. The van der Waals surface area contributed by atoms with E-state index in [0.29, 0.717) is 44.9 Å². The molecular formula is C29H40N6O6. The molecule has 222 valence electrons. The maximum atomic E-state index is 13.0. The van der Waals surface area contributed by atoms with Crippen molar-refractivity contribution in [3.8, 4) is 11.4 Å². The lowest BCUT2D eigenvalue weighted by Gasteiger charge is -2.49. The summed E-state index contributed by atoms with van der Waals surface area (Å²) in [5.41, 5.74) is 0.890. The highest BCUT2D eigenvalue weighted by molar-refractivity contribution is 5.81. The number of ether oxygens (including phenoxy) is 3. The fourth-order valence-corrected chi connectivity index (χ4v) is 6.82. The van der Waals surface area contributed by atoms with Crippen molar-refractivity contribution in [3.63, 3.8) is 0 Å². The van der Waals surface area contributed by atoms with Crippen molar-refractivity contribution in [2.24, 2.45) is 17.8 Å². The van der Waals surface area contributed by atoms with Crippen LogP contribution in [0.2, 0.25) is 0 Å². The summed E-state index contributed by atoms with van der Waals surface area (Å²) in [5.74, 6) is 0.199. The number of amides is 1. The van der Waals surface area contributed by atoms with Gasteiger partial charge in [0, 0.05) is 31.2 Å². The topological polar surface area (TPSA) is 129 Å². The van der Waals surface area contributed by atoms with Crippen LogP contribution in [0.3, 0.4) is 0 Å². The molecule has 1 aromatic carbocycles. The normalized spacial score (nSPS) is 28.4. The van der Waals surface area contributed by atoms with Crippen molar-refractivity contribution in [1.29, 1.82) is 0 Å². The zero-order valence-corrected chi connectivity index (χ0v) is 24.1. The molecule has 3 heterocycles. The molecule has 2 aromatic rings. The number of methoxy groups -OCH3 is 1. The molecular weight excluding hydrogens is 528 g/mol. The molecule has 5 rings (SSSR count). The van der Waals surface area contributed by atoms with Gasteiger partial charge in [0.1, 0.15) is 6.04 Å². The summed E-state index contributed by atoms with van der Waals surface area (Å²) in [5, 5.41) is 13.3. The Kier molecular flexibility index (Phi) is 9.16. The van der Waals surface area contributed by atoms with Gasteiger partial charge in [-0.15, -0.1) is 10.2 Å². The average molecular weight is 569 g/mol. The van der Waals surface area contributed by atoms with Gasteiger partial charge in [-0.05, 0) is 63.0 Å². The molecule has 0 spiro atoms. The molecule has 3 fully saturated rings. The van der Waals surface area contributed by atoms with Crippen LogP contribution in [0.15, 0.2) is 30.3 Å². The van der Waals surface area contributed by atoms with Gasteiger partial charge in [0.25, 0.3) is 0 Å². The van der Waals surface area contributed by atoms with Crippen LogP contribution in [-0.2, 0) is 23.8 Å². The third-order valence-corrected chi connectivity index (χ3v) is 8.79. The second kappa shape index (κ2) is 13.0. The third-order valence-electron chi connectivity index (χ3n) is 8.79. The second-order valence-corrected chi connectivity index (χ2v) is 11.2. The number of fused-ring (bicyclic) bond motifs is 1. The summed E-state index contributed by atoms with van der Waals surface area (Å²) in [6, 6.07) is 9.16. The van der Waals surface area contributed by atoms with Crippen LogP contribution in [0.4, 0.5) is 4.79 Å². The quantitative estimate of drug-likeness (QED) is 0.363. The van der Waals surface area contributed by atoms with Crippen LogP contribution >= 0.6 is 0 Å². The van der Waals surface area contributed by atoms with Gasteiger partial charge in [-0.2, -0.15) is 4.80 Å². The van der Waals surface area contributed by atoms with E-state index in [1.54, 1.807) is 11.7 Å². The molecule has 1 saturated carbocycles. The summed E-state index contributed by atoms with van der Waals surface area (Å²) in [6.45, 7) is 5.95. The van der Waals surface area contributed by atoms with E-state index >= 15 is 0 Å². The summed E-state index contributed by atoms with van der Waals surface area (Å²) in [4.78, 5) is 43.8. The van der Waals surface area contributed by atoms with Crippen molar-refractivity contribution < 1.29 is 28.6 Å². The molecule has 1 aliphatic carbocycles. The van der Waals surface area contributed by atoms with E-state index < -0.39 is 12.1 Å². The molecule has 2 saturated heterocycles. The van der Waals surface area contributed by atoms with Crippen molar-refractivity contribution in [2.45, 2.75) is 64.1 Å². The van der Waals surface area contributed by atoms with Crippen LogP contribution in [0.25, 0.3) is 11.4 Å². The van der Waals surface area contributed by atoms with E-state index in [1.807, 2.05) is 37.3 Å². The minimum Gasteiger partial charge on any atom is -0.466 e. The molecule has 0 N–H and O–H groups in total. The number of carbonyl (C=O) groups excluding carboxylic acids is 3. The molecule has 3 aliphatic rings. The van der Waals surface area contributed by atoms with E-state index in [4.69, 9.17) is 14.2 Å². The number of tetrazole rings is 1. The molecule has 12 heteroatoms. The Morgan fingerprint density at radius 2 is 1.63 bits per heavy atom. The van der Waals surface area contributed by atoms with E-state index in [9.17, 15) is 14.4 Å². The highest BCUT2D eigenvalue weighted by atomic mass is 16.6. The summed E-state index contributed by atoms with van der Waals surface area (Å²) in [7, 11) is 1.34. The SMILES string of the molecule is CCOC(=O)C1CC2C[C@@H](N3C[C@@H](C(=O)OCC)C[C@H](n4nnc(-c5ccccc5)n4)C3)CC[C@H]2CN1C(=O)OC. The van der Waals surface area contributed by atoms with Crippen LogP contribution in [-0.4, -0.2) is 100 Å². The minimum absolute atomic E-state index is 0.130. The average Bonchev–Trinajstić information content (AvgIpc) is 3.51. The number of likely N-dealkylation sites (tertiary alicyclic amines) is 2. The predicted octanol–water partition coefficient (Wildman–Crippen LogP) is 2.95. The van der Waals surface area contributed by atoms with Gasteiger partial charge < -0.3 is 14.2 Å². The number of hydrogen-bond donors (Lipinski definition) is 0. The summed E-state index contributed by atoms with van der Waals surface area (Å²) in [6.07, 6.45) is 3.36. The predicted molar refractivity (Wildman–Crippen MR) is 147 cm³/mol. The molecule has 0 bridgehead atoms. The Hall–Kier alpha value is -3.54. The maximum absolute atomic E-state index is 13.0. The molecule has 1 amide bonds. The van der Waals surface area contributed by atoms with Crippen molar-refractivity contribution in [1.82, 2.24) is 30.0 Å². The zero-order valence-electron chi connectivity index (χ0n) is 24.1. The first-order valence-corrected chi connectivity index (χ1v) is 14.7. The molecule has 0 radical (unpaired) electrons. The van der Waals surface area contributed by atoms with Crippen LogP contribution in [0.1, 0.15) is 52.0 Å². The van der Waals surface area contributed by atoms with Crippen molar-refractivity contribution >= 4 is 18.0 Å². The van der Waals surface area contributed by atoms with Gasteiger partial charge in [-0.1, -0.05) is 30.3 Å². The van der Waals surface area contributed by atoms with E-state index in [1.165, 1.54) is 12.0 Å². The summed E-state index contributed by atoms with van der Waals surface area (Å²) < 4.78 is 15.7. The maximum Gasteiger partial charge on any atom is 0.410 e. The molecule has 1 aromatic heterocycles. The van der Waals surface area contributed by atoms with Gasteiger partial charge in [-0.25, -0.2) is 9.59 Å². The Labute approximate surface area is 240 Å². The molecule has 6 atom stereocenters. The Morgan fingerprint density at radius 3 is 2.37 bits per heavy atom. The lowest BCUT2D eigenvalue weighted by molar-refractivity contribution is -0.154. The number of nitrogens with zero attached hydrogens (tertiary/aromatic N) is 6. The highest BCUT2D eigenvalue weighted by Gasteiger charge is 2.47. The monoisotopic (exact) mass is 568 g/mol. The van der Waals surface area contributed by atoms with Crippen molar-refractivity contribution in [2.75, 3.05) is 40.0 Å². The number of rotatable bonds is 7. The number of esters is 2. The lowest BCUT2D eigenvalue weighted by atomic mass is 9.70. The third kappa shape index (κ3) is 6.37. The number of hydrogen-bond acceptors (Lipinski definition) is 10. The Morgan fingerprint density at radius 1 is 0.878 bits per heavy atom. The van der Waals surface area contributed by atoms with Crippen LogP contribution < -0.4 is 0 Å². The number of carbonyl (C=O) groups is 3. The fraction of sp³-hybridized carbons (Fsp3) is 0.655. The van der Waals surface area contributed by atoms with E-state index in [-0.39, 0.29) is 48.4 Å². The Balaban J connectivity index is 1.33. The smallest absolute Gasteiger partial charge is 0.410 e. The van der Waals surface area contributed by atoms with E-state index in [2.05, 4.69) is 20.3 Å². The standard InChI is InChI=1S/C29H40N6O6/c1-4-40-27(36)22-14-24(35-31-26(30-32-35)19-9-7-6-8-10-19)18-33(16-22)23-12-11-20-17-34(29(38)39-3)25(15-21(20)13-23)28(37)41-5-2/h6-10,20-25H,4-5,11-18H2,1-3H3/t20-,21?,22-,23-,24-,25?/m0/s1. The molecule has 12 nitrogen and oxygen atoms in total. The fourth-order valence-electron chi connectivity index (χ4n) is 6.82. The summed E-state index contributed by atoms with van der Waals surface area (Å²) >= 11 is 0. The van der Waals surface area contributed by atoms with E-state index in [0.717, 1.165) is 24.8 Å². The number of benzene rings is 1.